The van der Waals surface area contributed by atoms with Gasteiger partial charge in [0.15, 0.2) is 0 Å². The molecule has 3 N–H and O–H groups in total. The van der Waals surface area contributed by atoms with Crippen molar-refractivity contribution in [1.29, 1.82) is 0 Å². The van der Waals surface area contributed by atoms with Crippen molar-refractivity contribution in [3.05, 3.63) is 58.3 Å². The van der Waals surface area contributed by atoms with E-state index in [0.717, 1.165) is 22.3 Å². The van der Waals surface area contributed by atoms with Crippen LogP contribution in [0.15, 0.2) is 54.7 Å². The largest absolute Gasteiger partial charge is 0.397 e. The van der Waals surface area contributed by atoms with Gasteiger partial charge >= 0.3 is 0 Å². The summed E-state index contributed by atoms with van der Waals surface area (Å²) in [4.78, 5) is 4.33. The maximum atomic E-state index is 5.95. The second-order valence-electron chi connectivity index (χ2n) is 4.24. The molecule has 0 unspecified atom stereocenters. The van der Waals surface area contributed by atoms with Gasteiger partial charge < -0.3 is 11.1 Å². The molecule has 4 heteroatoms. The summed E-state index contributed by atoms with van der Waals surface area (Å²) in [5, 5.41) is 4.44. The van der Waals surface area contributed by atoms with Crippen LogP contribution in [0.4, 0.5) is 17.1 Å². The molecule has 0 radical (unpaired) electrons. The van der Waals surface area contributed by atoms with E-state index in [9.17, 15) is 0 Å². The summed E-state index contributed by atoms with van der Waals surface area (Å²) in [6.07, 6.45) is 1.76. The molecule has 1 heterocycles. The zero-order valence-electron chi connectivity index (χ0n) is 10.1. The van der Waals surface area contributed by atoms with E-state index in [0.29, 0.717) is 5.69 Å². The van der Waals surface area contributed by atoms with Gasteiger partial charge in [-0.25, -0.2) is 0 Å². The fourth-order valence-corrected chi connectivity index (χ4v) is 2.57. The van der Waals surface area contributed by atoms with Crippen LogP contribution in [0.25, 0.3) is 10.9 Å². The number of pyridine rings is 1. The minimum atomic E-state index is 0.698. The number of aromatic nitrogens is 1. The summed E-state index contributed by atoms with van der Waals surface area (Å²) in [7, 11) is 0. The van der Waals surface area contributed by atoms with Crippen LogP contribution in [0.2, 0.25) is 0 Å². The van der Waals surface area contributed by atoms with E-state index in [1.807, 2.05) is 36.4 Å². The number of anilines is 3. The van der Waals surface area contributed by atoms with Crippen molar-refractivity contribution < 1.29 is 0 Å². The van der Waals surface area contributed by atoms with E-state index >= 15 is 0 Å². The third kappa shape index (κ3) is 2.49. The molecule has 0 bridgehead atoms. The Morgan fingerprint density at radius 1 is 1.05 bits per heavy atom. The topological polar surface area (TPSA) is 50.9 Å². The lowest BCUT2D eigenvalue weighted by molar-refractivity contribution is 1.41. The predicted octanol–water partition coefficient (Wildman–Crippen LogP) is 4.17. The first-order valence-corrected chi connectivity index (χ1v) is 6.98. The second-order valence-corrected chi connectivity index (χ2v) is 5.48. The average Bonchev–Trinajstić information content (AvgIpc) is 2.42. The number of hydrogen-bond donors (Lipinski definition) is 2. The third-order valence-corrected chi connectivity index (χ3v) is 3.58. The van der Waals surface area contributed by atoms with E-state index < -0.39 is 0 Å². The van der Waals surface area contributed by atoms with Crippen LogP contribution in [0.3, 0.4) is 0 Å². The second kappa shape index (κ2) is 5.05. The highest BCUT2D eigenvalue weighted by Gasteiger charge is 2.05. The zero-order valence-corrected chi connectivity index (χ0v) is 12.3. The van der Waals surface area contributed by atoms with Crippen LogP contribution in [-0.4, -0.2) is 4.98 Å². The Kier molecular flexibility index (Phi) is 3.25. The minimum absolute atomic E-state index is 0.698. The molecule has 0 aliphatic heterocycles. The molecule has 0 fully saturated rings. The Labute approximate surface area is 125 Å². The summed E-state index contributed by atoms with van der Waals surface area (Å²) in [6.45, 7) is 0. The SMILES string of the molecule is Nc1ccc(Nc2cccc(I)c2)c2cccnc12. The number of nitrogen functional groups attached to an aromatic ring is 1. The average molecular weight is 361 g/mol. The van der Waals surface area contributed by atoms with Crippen molar-refractivity contribution in [2.75, 3.05) is 11.1 Å². The van der Waals surface area contributed by atoms with Crippen LogP contribution >= 0.6 is 22.6 Å². The summed E-state index contributed by atoms with van der Waals surface area (Å²) in [5.74, 6) is 0. The highest BCUT2D eigenvalue weighted by atomic mass is 127. The number of hydrogen-bond acceptors (Lipinski definition) is 3. The standard InChI is InChI=1S/C15H12IN3/c16-10-3-1-4-11(9-10)19-14-7-6-13(17)15-12(14)5-2-8-18-15/h1-9,19H,17H2. The molecule has 0 amide bonds. The Morgan fingerprint density at radius 2 is 1.95 bits per heavy atom. The van der Waals surface area contributed by atoms with Gasteiger partial charge in [-0.05, 0) is 65.1 Å². The normalized spacial score (nSPS) is 10.6. The number of benzene rings is 2. The molecule has 1 aromatic heterocycles. The molecule has 3 aromatic rings. The lowest BCUT2D eigenvalue weighted by Gasteiger charge is -2.11. The Balaban J connectivity index is 2.09. The van der Waals surface area contributed by atoms with E-state index in [1.54, 1.807) is 6.20 Å². The van der Waals surface area contributed by atoms with Gasteiger partial charge in [0.25, 0.3) is 0 Å². The Bertz CT molecular complexity index is 740. The molecule has 0 spiro atoms. The highest BCUT2D eigenvalue weighted by molar-refractivity contribution is 14.1. The lowest BCUT2D eigenvalue weighted by atomic mass is 10.1. The van der Waals surface area contributed by atoms with Gasteiger partial charge in [-0.15, -0.1) is 0 Å². The number of rotatable bonds is 2. The number of nitrogens with one attached hydrogen (secondary N) is 1. The molecule has 3 rings (SSSR count). The van der Waals surface area contributed by atoms with Crippen molar-refractivity contribution in [1.82, 2.24) is 4.98 Å². The molecule has 0 saturated carbocycles. The monoisotopic (exact) mass is 361 g/mol. The van der Waals surface area contributed by atoms with Crippen molar-refractivity contribution in [3.8, 4) is 0 Å². The van der Waals surface area contributed by atoms with Crippen molar-refractivity contribution in [2.45, 2.75) is 0 Å². The van der Waals surface area contributed by atoms with E-state index in [4.69, 9.17) is 5.73 Å². The van der Waals surface area contributed by atoms with Gasteiger partial charge in [0, 0.05) is 26.5 Å². The fourth-order valence-electron chi connectivity index (χ4n) is 2.03. The molecule has 94 valence electrons. The molecule has 0 aliphatic carbocycles. The van der Waals surface area contributed by atoms with E-state index in [-0.39, 0.29) is 0 Å². The molecular weight excluding hydrogens is 349 g/mol. The van der Waals surface area contributed by atoms with Crippen molar-refractivity contribution in [2.24, 2.45) is 0 Å². The third-order valence-electron chi connectivity index (χ3n) is 2.90. The number of halogens is 1. The number of nitrogens with zero attached hydrogens (tertiary/aromatic N) is 1. The summed E-state index contributed by atoms with van der Waals surface area (Å²) < 4.78 is 1.19. The highest BCUT2D eigenvalue weighted by Crippen LogP contribution is 2.29. The lowest BCUT2D eigenvalue weighted by Crippen LogP contribution is -1.95. The Morgan fingerprint density at radius 3 is 2.79 bits per heavy atom. The molecule has 0 aliphatic rings. The van der Waals surface area contributed by atoms with Crippen LogP contribution in [0.5, 0.6) is 0 Å². The first kappa shape index (κ1) is 12.2. The molecule has 2 aromatic carbocycles. The first-order chi connectivity index (χ1) is 9.24. The molecule has 19 heavy (non-hydrogen) atoms. The van der Waals surface area contributed by atoms with E-state index in [1.165, 1.54) is 3.57 Å². The zero-order chi connectivity index (χ0) is 13.2. The van der Waals surface area contributed by atoms with Crippen LogP contribution in [-0.2, 0) is 0 Å². The van der Waals surface area contributed by atoms with Gasteiger partial charge in [-0.3, -0.25) is 4.98 Å². The van der Waals surface area contributed by atoms with Crippen molar-refractivity contribution >= 4 is 50.6 Å². The summed E-state index contributed by atoms with van der Waals surface area (Å²) in [5.41, 5.74) is 9.55. The van der Waals surface area contributed by atoms with Gasteiger partial charge in [-0.2, -0.15) is 0 Å². The minimum Gasteiger partial charge on any atom is -0.397 e. The van der Waals surface area contributed by atoms with E-state index in [2.05, 4.69) is 45.0 Å². The molecular formula is C15H12IN3. The molecule has 3 nitrogen and oxygen atoms in total. The fraction of sp³-hybridized carbons (Fsp3) is 0. The van der Waals surface area contributed by atoms with Gasteiger partial charge in [0.1, 0.15) is 0 Å². The summed E-state index contributed by atoms with van der Waals surface area (Å²) >= 11 is 2.30. The number of fused-ring (bicyclic) bond motifs is 1. The van der Waals surface area contributed by atoms with Gasteiger partial charge in [0.2, 0.25) is 0 Å². The van der Waals surface area contributed by atoms with Gasteiger partial charge in [-0.1, -0.05) is 6.07 Å². The predicted molar refractivity (Wildman–Crippen MR) is 88.6 cm³/mol. The maximum absolute atomic E-state index is 5.95. The maximum Gasteiger partial charge on any atom is 0.0951 e. The van der Waals surface area contributed by atoms with Crippen molar-refractivity contribution in [3.63, 3.8) is 0 Å². The summed E-state index contributed by atoms with van der Waals surface area (Å²) in [6, 6.07) is 16.0. The van der Waals surface area contributed by atoms with Crippen LogP contribution in [0.1, 0.15) is 0 Å². The van der Waals surface area contributed by atoms with Crippen LogP contribution in [0, 0.1) is 3.57 Å². The van der Waals surface area contributed by atoms with Crippen LogP contribution < -0.4 is 11.1 Å². The van der Waals surface area contributed by atoms with Gasteiger partial charge in [0.05, 0.1) is 11.2 Å². The Hall–Kier alpha value is -1.82. The quantitative estimate of drug-likeness (QED) is 0.532. The molecule has 0 atom stereocenters. The smallest absolute Gasteiger partial charge is 0.0951 e. The first-order valence-electron chi connectivity index (χ1n) is 5.90. The molecule has 0 saturated heterocycles. The number of nitrogens with two attached hydrogens (primary N) is 1.